The largest absolute Gasteiger partial charge is 0.416 e. The van der Waals surface area contributed by atoms with Gasteiger partial charge in [0.15, 0.2) is 0 Å². The van der Waals surface area contributed by atoms with Gasteiger partial charge in [-0.15, -0.1) is 8.93 Å². The molecule has 0 saturated heterocycles. The molecule has 0 saturated carbocycles. The predicted molar refractivity (Wildman–Crippen MR) is 49.1 cm³/mol. The van der Waals surface area contributed by atoms with Crippen LogP contribution in [0.4, 0.5) is 13.2 Å². The van der Waals surface area contributed by atoms with Gasteiger partial charge in [0.1, 0.15) is 0 Å². The fraction of sp³-hybridized carbons (Fsp3) is 0.143. The molecule has 66 valence electrons. The highest BCUT2D eigenvalue weighted by molar-refractivity contribution is 8.06. The molecule has 0 aliphatic heterocycles. The van der Waals surface area contributed by atoms with Crippen molar-refractivity contribution in [1.29, 1.82) is 0 Å². The molecule has 12 heavy (non-hydrogen) atoms. The van der Waals surface area contributed by atoms with E-state index in [4.69, 9.17) is 0 Å². The Labute approximate surface area is 72.4 Å². The molecule has 5 heteroatoms. The van der Waals surface area contributed by atoms with Crippen molar-refractivity contribution in [3.05, 3.63) is 29.8 Å². The molecule has 0 spiro atoms. The Morgan fingerprint density at radius 2 is 1.58 bits per heavy atom. The van der Waals surface area contributed by atoms with Crippen molar-refractivity contribution in [2.75, 3.05) is 0 Å². The third-order valence-electron chi connectivity index (χ3n) is 1.38. The zero-order chi connectivity index (χ0) is 9.19. The summed E-state index contributed by atoms with van der Waals surface area (Å²) in [6.45, 7) is 0. The first-order chi connectivity index (χ1) is 5.54. The van der Waals surface area contributed by atoms with Crippen LogP contribution in [0.3, 0.4) is 0 Å². The first-order valence-corrected chi connectivity index (χ1v) is 5.99. The van der Waals surface area contributed by atoms with Crippen LogP contribution >= 0.6 is 17.2 Å². The Morgan fingerprint density at radius 3 is 1.92 bits per heavy atom. The van der Waals surface area contributed by atoms with E-state index < -0.39 is 11.7 Å². The molecule has 0 radical (unpaired) electrons. The molecule has 2 atom stereocenters. The standard InChI is InChI=1S/C7H7F3P2/c8-7(9,10)5-1-3-6(12-11)4-2-5/h1-4,12H,11H2. The van der Waals surface area contributed by atoms with Crippen molar-refractivity contribution in [3.63, 3.8) is 0 Å². The molecule has 0 aliphatic carbocycles. The average molecular weight is 210 g/mol. The molecule has 0 nitrogen and oxygen atoms in total. The van der Waals surface area contributed by atoms with Crippen LogP contribution in [0, 0.1) is 0 Å². The lowest BCUT2D eigenvalue weighted by atomic mass is 10.2. The van der Waals surface area contributed by atoms with Crippen LogP contribution < -0.4 is 5.30 Å². The van der Waals surface area contributed by atoms with Crippen LogP contribution in [0.5, 0.6) is 0 Å². The van der Waals surface area contributed by atoms with E-state index in [0.717, 1.165) is 17.4 Å². The van der Waals surface area contributed by atoms with Crippen LogP contribution in [0.1, 0.15) is 5.56 Å². The third-order valence-corrected chi connectivity index (χ3v) is 3.05. The van der Waals surface area contributed by atoms with Gasteiger partial charge in [-0.2, -0.15) is 13.2 Å². The summed E-state index contributed by atoms with van der Waals surface area (Å²) in [5, 5.41) is 0.910. The highest BCUT2D eigenvalue weighted by Gasteiger charge is 2.29. The number of alkyl halides is 3. The summed E-state index contributed by atoms with van der Waals surface area (Å²) in [7, 11) is 2.95. The molecule has 2 unspecified atom stereocenters. The Bertz CT molecular complexity index is 252. The zero-order valence-electron chi connectivity index (χ0n) is 6.02. The zero-order valence-corrected chi connectivity index (χ0v) is 8.18. The third kappa shape index (κ3) is 2.43. The molecule has 0 aliphatic rings. The molecule has 0 aromatic heterocycles. The van der Waals surface area contributed by atoms with E-state index >= 15 is 0 Å². The number of benzene rings is 1. The summed E-state index contributed by atoms with van der Waals surface area (Å²) in [5.41, 5.74) is -0.588. The highest BCUT2D eigenvalue weighted by atomic mass is 32.0. The van der Waals surface area contributed by atoms with Crippen molar-refractivity contribution in [1.82, 2.24) is 0 Å². The maximum absolute atomic E-state index is 12.0. The minimum Gasteiger partial charge on any atom is -0.166 e. The lowest BCUT2D eigenvalue weighted by Crippen LogP contribution is -2.05. The normalized spacial score (nSPS) is 12.7. The summed E-state index contributed by atoms with van der Waals surface area (Å²) in [4.78, 5) is 0. The number of hydrogen-bond acceptors (Lipinski definition) is 0. The fourth-order valence-corrected chi connectivity index (χ4v) is 1.69. The monoisotopic (exact) mass is 210 g/mol. The summed E-state index contributed by atoms with van der Waals surface area (Å²) in [6, 6.07) is 5.20. The average Bonchev–Trinajstić information content (AvgIpc) is 2.03. The van der Waals surface area contributed by atoms with Crippen LogP contribution in [-0.4, -0.2) is 0 Å². The molecular formula is C7H7F3P2. The molecule has 0 bridgehead atoms. The summed E-state index contributed by atoms with van der Waals surface area (Å²) < 4.78 is 36.1. The van der Waals surface area contributed by atoms with Crippen LogP contribution in [0.15, 0.2) is 24.3 Å². The maximum atomic E-state index is 12.0. The molecule has 1 aromatic carbocycles. The fourth-order valence-electron chi connectivity index (χ4n) is 0.755. The van der Waals surface area contributed by atoms with E-state index in [1.54, 1.807) is 0 Å². The van der Waals surface area contributed by atoms with Crippen LogP contribution in [0.25, 0.3) is 0 Å². The molecule has 0 fully saturated rings. The van der Waals surface area contributed by atoms with Crippen molar-refractivity contribution in [2.45, 2.75) is 6.18 Å². The Hall–Kier alpha value is -0.130. The maximum Gasteiger partial charge on any atom is 0.416 e. The quantitative estimate of drug-likeness (QED) is 0.625. The van der Waals surface area contributed by atoms with E-state index in [-0.39, 0.29) is 0 Å². The molecular weight excluding hydrogens is 203 g/mol. The van der Waals surface area contributed by atoms with Gasteiger partial charge in [0.2, 0.25) is 0 Å². The van der Waals surface area contributed by atoms with Gasteiger partial charge in [0.05, 0.1) is 5.56 Å². The second kappa shape index (κ2) is 3.72. The first-order valence-electron chi connectivity index (χ1n) is 3.18. The van der Waals surface area contributed by atoms with Gasteiger partial charge in [-0.25, -0.2) is 0 Å². The van der Waals surface area contributed by atoms with Crippen molar-refractivity contribution >= 4 is 22.5 Å². The SMILES string of the molecule is FC(F)(F)c1ccc(PP)cc1. The Balaban J connectivity index is 2.93. The minimum absolute atomic E-state index is 0.459. The minimum atomic E-state index is -4.22. The second-order valence-electron chi connectivity index (χ2n) is 2.22. The van der Waals surface area contributed by atoms with Gasteiger partial charge in [-0.1, -0.05) is 20.4 Å². The molecule has 0 N–H and O–H groups in total. The Kier molecular flexibility index (Phi) is 3.09. The van der Waals surface area contributed by atoms with Crippen molar-refractivity contribution < 1.29 is 13.2 Å². The van der Waals surface area contributed by atoms with Gasteiger partial charge >= 0.3 is 6.18 Å². The second-order valence-corrected chi connectivity index (χ2v) is 3.95. The molecule has 0 heterocycles. The molecule has 1 aromatic rings. The van der Waals surface area contributed by atoms with Crippen LogP contribution in [-0.2, 0) is 6.18 Å². The van der Waals surface area contributed by atoms with E-state index in [1.807, 2.05) is 0 Å². The first kappa shape index (κ1) is 9.95. The van der Waals surface area contributed by atoms with Gasteiger partial charge < -0.3 is 0 Å². The van der Waals surface area contributed by atoms with Crippen molar-refractivity contribution in [3.8, 4) is 0 Å². The van der Waals surface area contributed by atoms with Gasteiger partial charge in [-0.3, -0.25) is 0 Å². The molecule has 0 amide bonds. The van der Waals surface area contributed by atoms with E-state index in [1.165, 1.54) is 12.1 Å². The van der Waals surface area contributed by atoms with Gasteiger partial charge in [0.25, 0.3) is 0 Å². The van der Waals surface area contributed by atoms with Gasteiger partial charge in [-0.05, 0) is 17.4 Å². The summed E-state index contributed by atoms with van der Waals surface area (Å²) in [5.74, 6) is 0. The van der Waals surface area contributed by atoms with E-state index in [0.29, 0.717) is 8.27 Å². The summed E-state index contributed by atoms with van der Waals surface area (Å²) >= 11 is 0. The topological polar surface area (TPSA) is 0 Å². The number of halogens is 3. The van der Waals surface area contributed by atoms with Crippen LogP contribution in [0.2, 0.25) is 0 Å². The predicted octanol–water partition coefficient (Wildman–Crippen LogP) is 2.80. The molecule has 1 rings (SSSR count). The smallest absolute Gasteiger partial charge is 0.166 e. The Morgan fingerprint density at radius 1 is 1.08 bits per heavy atom. The lowest BCUT2D eigenvalue weighted by Gasteiger charge is -2.06. The van der Waals surface area contributed by atoms with E-state index in [2.05, 4.69) is 8.93 Å². The summed E-state index contributed by atoms with van der Waals surface area (Å²) in [6.07, 6.45) is -4.22. The number of hydrogen-bond donors (Lipinski definition) is 0. The van der Waals surface area contributed by atoms with E-state index in [9.17, 15) is 13.2 Å². The van der Waals surface area contributed by atoms with Gasteiger partial charge in [0, 0.05) is 0 Å². The number of rotatable bonds is 1. The highest BCUT2D eigenvalue weighted by Crippen LogP contribution is 2.29. The van der Waals surface area contributed by atoms with Crippen molar-refractivity contribution in [2.24, 2.45) is 0 Å². The lowest BCUT2D eigenvalue weighted by molar-refractivity contribution is -0.137.